The highest BCUT2D eigenvalue weighted by Crippen LogP contribution is 2.03. The van der Waals surface area contributed by atoms with Crippen LogP contribution >= 0.6 is 0 Å². The summed E-state index contributed by atoms with van der Waals surface area (Å²) in [4.78, 5) is 6.68. The molecule has 1 aromatic carbocycles. The lowest BCUT2D eigenvalue weighted by atomic mass is 10.2. The van der Waals surface area contributed by atoms with E-state index in [1.54, 1.807) is 19.2 Å². The van der Waals surface area contributed by atoms with Crippen LogP contribution in [0.3, 0.4) is 0 Å². The van der Waals surface area contributed by atoms with Gasteiger partial charge in [0.2, 0.25) is 0 Å². The van der Waals surface area contributed by atoms with Gasteiger partial charge in [0.15, 0.2) is 5.96 Å². The number of hydrogen-bond donors (Lipinski definition) is 2. The minimum atomic E-state index is -0.210. The Hall–Kier alpha value is -1.62. The topological polar surface area (TPSA) is 39.7 Å². The molecule has 1 aromatic rings. The Bertz CT molecular complexity index is 455. The Morgan fingerprint density at radius 3 is 2.43 bits per heavy atom. The maximum absolute atomic E-state index is 12.9. The second-order valence-electron chi connectivity index (χ2n) is 5.77. The van der Waals surface area contributed by atoms with Gasteiger partial charge < -0.3 is 15.5 Å². The zero-order valence-electron chi connectivity index (χ0n) is 14.9. The maximum Gasteiger partial charge on any atom is 0.191 e. The van der Waals surface area contributed by atoms with Crippen molar-refractivity contribution in [2.45, 2.75) is 46.2 Å². The standard InChI is InChI=1S/C18H31FN4/c1-5-23(6-2)13-7-8-15(3)22-18(20-4)21-14-16-9-11-17(19)12-10-16/h9-12,15H,5-8,13-14H2,1-4H3,(H2,20,21,22). The molecule has 4 nitrogen and oxygen atoms in total. The fraction of sp³-hybridized carbons (Fsp3) is 0.611. The molecular formula is C18H31FN4. The molecule has 0 saturated carbocycles. The Balaban J connectivity index is 2.30. The quantitative estimate of drug-likeness (QED) is 0.542. The van der Waals surface area contributed by atoms with E-state index in [2.05, 4.69) is 41.3 Å². The van der Waals surface area contributed by atoms with Crippen LogP contribution < -0.4 is 10.6 Å². The van der Waals surface area contributed by atoms with Crippen LogP contribution in [0.5, 0.6) is 0 Å². The second kappa shape index (κ2) is 11.0. The Morgan fingerprint density at radius 1 is 1.22 bits per heavy atom. The monoisotopic (exact) mass is 322 g/mol. The lowest BCUT2D eigenvalue weighted by Gasteiger charge is -2.21. The van der Waals surface area contributed by atoms with Crippen molar-refractivity contribution in [1.29, 1.82) is 0 Å². The molecule has 0 aliphatic rings. The van der Waals surface area contributed by atoms with Crippen molar-refractivity contribution in [3.8, 4) is 0 Å². The zero-order valence-corrected chi connectivity index (χ0v) is 14.9. The second-order valence-corrected chi connectivity index (χ2v) is 5.77. The molecule has 5 heteroatoms. The van der Waals surface area contributed by atoms with Gasteiger partial charge in [-0.05, 0) is 57.1 Å². The molecule has 0 saturated heterocycles. The van der Waals surface area contributed by atoms with Gasteiger partial charge in [0, 0.05) is 19.6 Å². The first-order chi connectivity index (χ1) is 11.1. The molecule has 23 heavy (non-hydrogen) atoms. The van der Waals surface area contributed by atoms with Crippen LogP contribution in [0, 0.1) is 5.82 Å². The Labute approximate surface area is 140 Å². The predicted molar refractivity (Wildman–Crippen MR) is 96.2 cm³/mol. The van der Waals surface area contributed by atoms with E-state index >= 15 is 0 Å². The van der Waals surface area contributed by atoms with E-state index in [0.29, 0.717) is 12.6 Å². The van der Waals surface area contributed by atoms with Gasteiger partial charge in [0.05, 0.1) is 0 Å². The van der Waals surface area contributed by atoms with Crippen LogP contribution in [-0.2, 0) is 6.54 Å². The van der Waals surface area contributed by atoms with Crippen molar-refractivity contribution in [3.63, 3.8) is 0 Å². The lowest BCUT2D eigenvalue weighted by molar-refractivity contribution is 0.292. The number of hydrogen-bond acceptors (Lipinski definition) is 2. The van der Waals surface area contributed by atoms with Crippen LogP contribution in [0.15, 0.2) is 29.3 Å². The molecule has 1 unspecified atom stereocenters. The molecule has 130 valence electrons. The van der Waals surface area contributed by atoms with E-state index < -0.39 is 0 Å². The van der Waals surface area contributed by atoms with E-state index in [4.69, 9.17) is 0 Å². The number of halogens is 1. The molecule has 0 radical (unpaired) electrons. The smallest absolute Gasteiger partial charge is 0.191 e. The van der Waals surface area contributed by atoms with Gasteiger partial charge in [0.1, 0.15) is 5.82 Å². The van der Waals surface area contributed by atoms with E-state index in [1.807, 2.05) is 0 Å². The molecule has 0 aliphatic carbocycles. The summed E-state index contributed by atoms with van der Waals surface area (Å²) >= 11 is 0. The van der Waals surface area contributed by atoms with Crippen molar-refractivity contribution in [2.24, 2.45) is 4.99 Å². The number of aliphatic imine (C=N–C) groups is 1. The number of nitrogens with one attached hydrogen (secondary N) is 2. The third-order valence-electron chi connectivity index (χ3n) is 3.99. The van der Waals surface area contributed by atoms with E-state index in [9.17, 15) is 4.39 Å². The summed E-state index contributed by atoms with van der Waals surface area (Å²) in [6.45, 7) is 10.6. The van der Waals surface area contributed by atoms with E-state index in [0.717, 1.165) is 37.6 Å². The van der Waals surface area contributed by atoms with E-state index in [-0.39, 0.29) is 5.82 Å². The highest BCUT2D eigenvalue weighted by atomic mass is 19.1. The Kier molecular flexibility index (Phi) is 9.29. The van der Waals surface area contributed by atoms with Gasteiger partial charge in [-0.25, -0.2) is 4.39 Å². The van der Waals surface area contributed by atoms with E-state index in [1.165, 1.54) is 18.6 Å². The van der Waals surface area contributed by atoms with Gasteiger partial charge in [0.25, 0.3) is 0 Å². The molecule has 1 rings (SSSR count). The van der Waals surface area contributed by atoms with Crippen molar-refractivity contribution in [2.75, 3.05) is 26.7 Å². The van der Waals surface area contributed by atoms with Crippen molar-refractivity contribution in [3.05, 3.63) is 35.6 Å². The average molecular weight is 322 g/mol. The minimum Gasteiger partial charge on any atom is -0.354 e. The first-order valence-electron chi connectivity index (χ1n) is 8.53. The summed E-state index contributed by atoms with van der Waals surface area (Å²) in [6.07, 6.45) is 2.28. The number of guanidine groups is 1. The molecular weight excluding hydrogens is 291 g/mol. The van der Waals surface area contributed by atoms with Crippen LogP contribution in [-0.4, -0.2) is 43.6 Å². The highest BCUT2D eigenvalue weighted by Gasteiger charge is 2.06. The number of benzene rings is 1. The van der Waals surface area contributed by atoms with Crippen molar-refractivity contribution >= 4 is 5.96 Å². The normalized spacial score (nSPS) is 13.2. The molecule has 1 atom stereocenters. The van der Waals surface area contributed by atoms with Gasteiger partial charge in [-0.3, -0.25) is 4.99 Å². The highest BCUT2D eigenvalue weighted by molar-refractivity contribution is 5.79. The third kappa shape index (κ3) is 7.98. The SMILES string of the molecule is CCN(CC)CCCC(C)NC(=NC)NCc1ccc(F)cc1. The van der Waals surface area contributed by atoms with Crippen LogP contribution in [0.2, 0.25) is 0 Å². The molecule has 0 amide bonds. The summed E-state index contributed by atoms with van der Waals surface area (Å²) in [5.41, 5.74) is 1.03. The molecule has 0 bridgehead atoms. The zero-order chi connectivity index (χ0) is 17.1. The largest absolute Gasteiger partial charge is 0.354 e. The average Bonchev–Trinajstić information content (AvgIpc) is 2.57. The third-order valence-corrected chi connectivity index (χ3v) is 3.99. The summed E-state index contributed by atoms with van der Waals surface area (Å²) in [5, 5.41) is 6.67. The molecule has 0 heterocycles. The predicted octanol–water partition coefficient (Wildman–Crippen LogP) is 3.00. The first-order valence-corrected chi connectivity index (χ1v) is 8.53. The minimum absolute atomic E-state index is 0.210. The van der Waals surface area contributed by atoms with Crippen molar-refractivity contribution in [1.82, 2.24) is 15.5 Å². The number of nitrogens with zero attached hydrogens (tertiary/aromatic N) is 2. The fourth-order valence-electron chi connectivity index (χ4n) is 2.45. The molecule has 2 N–H and O–H groups in total. The fourth-order valence-corrected chi connectivity index (χ4v) is 2.45. The summed E-state index contributed by atoms with van der Waals surface area (Å²) < 4.78 is 12.9. The summed E-state index contributed by atoms with van der Waals surface area (Å²) in [6, 6.07) is 6.88. The lowest BCUT2D eigenvalue weighted by Crippen LogP contribution is -2.42. The Morgan fingerprint density at radius 2 is 1.87 bits per heavy atom. The van der Waals surface area contributed by atoms with Crippen LogP contribution in [0.1, 0.15) is 39.2 Å². The summed E-state index contributed by atoms with van der Waals surface area (Å²) in [5.74, 6) is 0.572. The molecule has 0 aliphatic heterocycles. The molecule has 0 fully saturated rings. The van der Waals surface area contributed by atoms with Gasteiger partial charge >= 0.3 is 0 Å². The molecule has 0 aromatic heterocycles. The maximum atomic E-state index is 12.9. The molecule has 0 spiro atoms. The first kappa shape index (κ1) is 19.4. The van der Waals surface area contributed by atoms with Crippen molar-refractivity contribution < 1.29 is 4.39 Å². The number of rotatable bonds is 9. The summed E-state index contributed by atoms with van der Waals surface area (Å²) in [7, 11) is 1.77. The van der Waals surface area contributed by atoms with Gasteiger partial charge in [-0.1, -0.05) is 26.0 Å². The van der Waals surface area contributed by atoms with Gasteiger partial charge in [-0.2, -0.15) is 0 Å². The van der Waals surface area contributed by atoms with Gasteiger partial charge in [-0.15, -0.1) is 0 Å². The van der Waals surface area contributed by atoms with Crippen LogP contribution in [0.25, 0.3) is 0 Å². The van der Waals surface area contributed by atoms with Crippen LogP contribution in [0.4, 0.5) is 4.39 Å².